The highest BCUT2D eigenvalue weighted by atomic mass is 79.9. The normalized spacial score (nSPS) is 14.2. The Morgan fingerprint density at radius 1 is 1.56 bits per heavy atom. The fourth-order valence-corrected chi connectivity index (χ4v) is 2.42. The average Bonchev–Trinajstić information content (AvgIpc) is 2.20. The van der Waals surface area contributed by atoms with Crippen molar-refractivity contribution in [2.75, 3.05) is 22.8 Å². The lowest BCUT2D eigenvalue weighted by Crippen LogP contribution is -2.23. The van der Waals surface area contributed by atoms with Crippen molar-refractivity contribution in [1.29, 1.82) is 0 Å². The van der Waals surface area contributed by atoms with Crippen LogP contribution in [-0.4, -0.2) is 32.2 Å². The summed E-state index contributed by atoms with van der Waals surface area (Å²) >= 11 is 3.33. The van der Waals surface area contributed by atoms with Crippen molar-refractivity contribution in [3.8, 4) is 0 Å². The maximum absolute atomic E-state index is 11.0. The summed E-state index contributed by atoms with van der Waals surface area (Å²) < 4.78 is 11.7. The van der Waals surface area contributed by atoms with Crippen molar-refractivity contribution in [1.82, 2.24) is 9.97 Å². The zero-order valence-corrected chi connectivity index (χ0v) is 11.4. The molecule has 0 saturated heterocycles. The van der Waals surface area contributed by atoms with Gasteiger partial charge in [-0.1, -0.05) is 0 Å². The average molecular weight is 308 g/mol. The number of hydrogen-bond acceptors (Lipinski definition) is 6. The van der Waals surface area contributed by atoms with E-state index in [0.29, 0.717) is 21.9 Å². The highest BCUT2D eigenvalue weighted by Gasteiger charge is 2.11. The van der Waals surface area contributed by atoms with E-state index in [2.05, 4.69) is 36.6 Å². The third-order valence-electron chi connectivity index (χ3n) is 1.79. The molecule has 1 aromatic heterocycles. The van der Waals surface area contributed by atoms with Gasteiger partial charge >= 0.3 is 0 Å². The molecule has 0 spiro atoms. The molecule has 8 heteroatoms. The zero-order valence-electron chi connectivity index (χ0n) is 9.03. The topological polar surface area (TPSA) is 92.9 Å². The summed E-state index contributed by atoms with van der Waals surface area (Å²) in [5, 5.41) is 3.13. The van der Waals surface area contributed by atoms with E-state index in [4.69, 9.17) is 5.84 Å². The van der Waals surface area contributed by atoms with Gasteiger partial charge in [0, 0.05) is 28.9 Å². The Balaban J connectivity index is 2.77. The van der Waals surface area contributed by atoms with Crippen LogP contribution in [0.15, 0.2) is 10.8 Å². The Morgan fingerprint density at radius 2 is 2.19 bits per heavy atom. The van der Waals surface area contributed by atoms with Gasteiger partial charge in [0.25, 0.3) is 0 Å². The van der Waals surface area contributed by atoms with Crippen LogP contribution in [-0.2, 0) is 10.8 Å². The predicted octanol–water partition coefficient (Wildman–Crippen LogP) is 0.704. The molecule has 0 aliphatic heterocycles. The number of nitrogens with one attached hydrogen (secondary N) is 2. The number of nitrogens with zero attached hydrogens (tertiary/aromatic N) is 2. The van der Waals surface area contributed by atoms with Crippen LogP contribution in [0.2, 0.25) is 0 Å². The van der Waals surface area contributed by atoms with E-state index in [9.17, 15) is 4.21 Å². The molecule has 2 unspecified atom stereocenters. The monoisotopic (exact) mass is 307 g/mol. The lowest BCUT2D eigenvalue weighted by molar-refractivity contribution is 0.683. The summed E-state index contributed by atoms with van der Waals surface area (Å²) in [6.07, 6.45) is 3.07. The minimum absolute atomic E-state index is 0.0580. The summed E-state index contributed by atoms with van der Waals surface area (Å²) in [5.41, 5.74) is 2.45. The molecule has 0 bridgehead atoms. The van der Waals surface area contributed by atoms with Gasteiger partial charge in [-0.25, -0.2) is 15.8 Å². The Morgan fingerprint density at radius 3 is 2.75 bits per heavy atom. The molecule has 1 heterocycles. The van der Waals surface area contributed by atoms with E-state index in [0.717, 1.165) is 0 Å². The molecule has 0 amide bonds. The first kappa shape index (κ1) is 13.3. The predicted molar refractivity (Wildman–Crippen MR) is 69.6 cm³/mol. The molecule has 0 aliphatic rings. The van der Waals surface area contributed by atoms with E-state index in [-0.39, 0.29) is 6.04 Å². The van der Waals surface area contributed by atoms with Crippen LogP contribution in [0.3, 0.4) is 0 Å². The number of hydrazine groups is 1. The van der Waals surface area contributed by atoms with Gasteiger partial charge in [-0.15, -0.1) is 0 Å². The molecule has 2 atom stereocenters. The minimum atomic E-state index is -0.845. The van der Waals surface area contributed by atoms with Crippen LogP contribution in [0.5, 0.6) is 0 Å². The van der Waals surface area contributed by atoms with Crippen LogP contribution >= 0.6 is 15.9 Å². The van der Waals surface area contributed by atoms with Crippen LogP contribution in [0.4, 0.5) is 11.6 Å². The van der Waals surface area contributed by atoms with Crippen LogP contribution in [0.1, 0.15) is 6.92 Å². The second-order valence-electron chi connectivity index (χ2n) is 3.31. The molecule has 4 N–H and O–H groups in total. The molecule has 0 fully saturated rings. The van der Waals surface area contributed by atoms with Gasteiger partial charge in [0.15, 0.2) is 5.82 Å². The Bertz CT molecular complexity index is 389. The highest BCUT2D eigenvalue weighted by molar-refractivity contribution is 9.10. The summed E-state index contributed by atoms with van der Waals surface area (Å²) in [4.78, 5) is 8.00. The summed E-state index contributed by atoms with van der Waals surface area (Å²) in [5.74, 6) is 6.97. The standard InChI is InChI=1S/C8H14BrN5OS/c1-5(3-16(2)15)13-7-6(9)8(14-10)12-4-11-7/h4-5H,3,10H2,1-2H3,(H2,11,12,13,14). The first-order valence-electron chi connectivity index (χ1n) is 4.58. The number of hydrogen-bond donors (Lipinski definition) is 3. The van der Waals surface area contributed by atoms with Gasteiger partial charge in [0.1, 0.15) is 16.6 Å². The quantitative estimate of drug-likeness (QED) is 0.548. The highest BCUT2D eigenvalue weighted by Crippen LogP contribution is 2.26. The first-order chi connectivity index (χ1) is 7.54. The molecule has 0 aromatic carbocycles. The number of aromatic nitrogens is 2. The number of halogens is 1. The summed E-state index contributed by atoms with van der Waals surface area (Å²) in [7, 11) is -0.845. The molecule has 16 heavy (non-hydrogen) atoms. The Kier molecular flexibility index (Phi) is 5.10. The van der Waals surface area contributed by atoms with Crippen molar-refractivity contribution in [3.63, 3.8) is 0 Å². The number of nitrogen functional groups attached to an aromatic ring is 1. The van der Waals surface area contributed by atoms with Gasteiger partial charge in [-0.05, 0) is 22.9 Å². The van der Waals surface area contributed by atoms with Crippen molar-refractivity contribution in [3.05, 3.63) is 10.8 Å². The van der Waals surface area contributed by atoms with Crippen LogP contribution in [0.25, 0.3) is 0 Å². The molecule has 0 saturated carbocycles. The maximum Gasteiger partial charge on any atom is 0.159 e. The Hall–Kier alpha value is -0.730. The molecule has 0 radical (unpaired) electrons. The second kappa shape index (κ2) is 6.12. The first-order valence-corrected chi connectivity index (χ1v) is 7.10. The van der Waals surface area contributed by atoms with E-state index >= 15 is 0 Å². The van der Waals surface area contributed by atoms with Gasteiger partial charge in [0.2, 0.25) is 0 Å². The van der Waals surface area contributed by atoms with Gasteiger partial charge in [0.05, 0.1) is 0 Å². The number of nitrogens with two attached hydrogens (primary N) is 1. The van der Waals surface area contributed by atoms with E-state index < -0.39 is 10.8 Å². The van der Waals surface area contributed by atoms with Crippen molar-refractivity contribution < 1.29 is 4.21 Å². The van der Waals surface area contributed by atoms with Gasteiger partial charge in [-0.3, -0.25) is 4.21 Å². The van der Waals surface area contributed by atoms with E-state index in [1.807, 2.05) is 6.92 Å². The molecular formula is C8H14BrN5OS. The number of rotatable bonds is 5. The van der Waals surface area contributed by atoms with Crippen LogP contribution in [0, 0.1) is 0 Å². The summed E-state index contributed by atoms with van der Waals surface area (Å²) in [6, 6.07) is 0.0580. The van der Waals surface area contributed by atoms with Crippen molar-refractivity contribution in [2.45, 2.75) is 13.0 Å². The third-order valence-corrected chi connectivity index (χ3v) is 3.51. The summed E-state index contributed by atoms with van der Waals surface area (Å²) in [6.45, 7) is 1.94. The number of anilines is 2. The van der Waals surface area contributed by atoms with Gasteiger partial charge < -0.3 is 10.7 Å². The molecule has 1 aromatic rings. The third kappa shape index (κ3) is 3.69. The van der Waals surface area contributed by atoms with E-state index in [1.165, 1.54) is 6.33 Å². The van der Waals surface area contributed by atoms with Crippen molar-refractivity contribution >= 4 is 38.4 Å². The van der Waals surface area contributed by atoms with Crippen LogP contribution < -0.4 is 16.6 Å². The molecule has 6 nitrogen and oxygen atoms in total. The molecular weight excluding hydrogens is 294 g/mol. The smallest absolute Gasteiger partial charge is 0.159 e. The lowest BCUT2D eigenvalue weighted by Gasteiger charge is -2.15. The fourth-order valence-electron chi connectivity index (χ4n) is 1.20. The molecule has 90 valence electrons. The Labute approximate surface area is 105 Å². The lowest BCUT2D eigenvalue weighted by atomic mass is 10.4. The van der Waals surface area contributed by atoms with E-state index in [1.54, 1.807) is 6.26 Å². The van der Waals surface area contributed by atoms with Crippen molar-refractivity contribution in [2.24, 2.45) is 5.84 Å². The largest absolute Gasteiger partial charge is 0.366 e. The second-order valence-corrected chi connectivity index (χ2v) is 5.59. The SMILES string of the molecule is CC(CS(C)=O)Nc1ncnc(NN)c1Br. The molecule has 1 rings (SSSR count). The molecule has 0 aliphatic carbocycles. The fraction of sp³-hybridized carbons (Fsp3) is 0.500. The zero-order chi connectivity index (χ0) is 12.1. The maximum atomic E-state index is 11.0. The minimum Gasteiger partial charge on any atom is -0.366 e. The van der Waals surface area contributed by atoms with Gasteiger partial charge in [-0.2, -0.15) is 0 Å².